The van der Waals surface area contributed by atoms with Crippen molar-refractivity contribution in [1.82, 2.24) is 15.0 Å². The Balaban J connectivity index is 2.09. The lowest BCUT2D eigenvalue weighted by molar-refractivity contribution is 0.0600. The van der Waals surface area contributed by atoms with Gasteiger partial charge < -0.3 is 4.74 Å². The van der Waals surface area contributed by atoms with Gasteiger partial charge in [0.2, 0.25) is 0 Å². The lowest BCUT2D eigenvalue weighted by Gasteiger charge is -2.07. The summed E-state index contributed by atoms with van der Waals surface area (Å²) in [5.74, 6) is -0.410. The number of esters is 1. The number of nitrogens with zero attached hydrogens (tertiary/aromatic N) is 3. The molecule has 0 amide bonds. The van der Waals surface area contributed by atoms with E-state index in [1.165, 1.54) is 7.11 Å². The fourth-order valence-electron chi connectivity index (χ4n) is 2.28. The van der Waals surface area contributed by atoms with E-state index in [-0.39, 0.29) is 5.69 Å². The molecule has 3 aromatic rings. The Morgan fingerprint density at radius 1 is 1.09 bits per heavy atom. The van der Waals surface area contributed by atoms with Gasteiger partial charge in [0.05, 0.1) is 18.4 Å². The van der Waals surface area contributed by atoms with E-state index >= 15 is 0 Å². The summed E-state index contributed by atoms with van der Waals surface area (Å²) in [6, 6.07) is 16.1. The van der Waals surface area contributed by atoms with Crippen molar-refractivity contribution in [2.75, 3.05) is 7.11 Å². The molecule has 3 rings (SSSR count). The van der Waals surface area contributed by atoms with E-state index in [9.17, 15) is 9.59 Å². The lowest BCUT2D eigenvalue weighted by Crippen LogP contribution is -2.03. The average Bonchev–Trinajstić information content (AvgIpc) is 3.06. The van der Waals surface area contributed by atoms with Crippen molar-refractivity contribution in [1.29, 1.82) is 0 Å². The first-order chi connectivity index (χ1) is 11.2. The first kappa shape index (κ1) is 14.6. The van der Waals surface area contributed by atoms with Crippen molar-refractivity contribution in [2.24, 2.45) is 0 Å². The highest BCUT2D eigenvalue weighted by Gasteiger charge is 2.16. The number of aromatic nitrogens is 3. The summed E-state index contributed by atoms with van der Waals surface area (Å²) in [6.45, 7) is 0. The first-order valence-electron chi connectivity index (χ1n) is 6.89. The fraction of sp³-hybridized carbons (Fsp3) is 0.0588. The number of benzene rings is 2. The maximum Gasteiger partial charge on any atom is 0.337 e. The average molecular weight is 307 g/mol. The summed E-state index contributed by atoms with van der Waals surface area (Å²) >= 11 is 0. The van der Waals surface area contributed by atoms with Crippen LogP contribution in [0.3, 0.4) is 0 Å². The molecule has 0 spiro atoms. The number of carbonyl (C=O) groups is 2. The summed E-state index contributed by atoms with van der Waals surface area (Å²) in [4.78, 5) is 22.7. The van der Waals surface area contributed by atoms with Gasteiger partial charge >= 0.3 is 5.97 Å². The minimum absolute atomic E-state index is 0.258. The molecule has 1 aromatic heterocycles. The van der Waals surface area contributed by atoms with Crippen LogP contribution in [0.2, 0.25) is 0 Å². The molecule has 6 nitrogen and oxygen atoms in total. The van der Waals surface area contributed by atoms with Crippen LogP contribution in [0, 0.1) is 0 Å². The van der Waals surface area contributed by atoms with Crippen LogP contribution in [0.4, 0.5) is 0 Å². The quantitative estimate of drug-likeness (QED) is 0.547. The third kappa shape index (κ3) is 2.74. The van der Waals surface area contributed by atoms with E-state index in [1.807, 2.05) is 30.3 Å². The molecule has 0 atom stereocenters. The van der Waals surface area contributed by atoms with Gasteiger partial charge in [-0.15, -0.1) is 5.10 Å². The highest BCUT2D eigenvalue weighted by molar-refractivity contribution is 5.89. The van der Waals surface area contributed by atoms with Crippen LogP contribution < -0.4 is 0 Å². The van der Waals surface area contributed by atoms with Crippen LogP contribution in [0.1, 0.15) is 20.8 Å². The molecule has 2 aromatic carbocycles. The van der Waals surface area contributed by atoms with E-state index in [1.54, 1.807) is 28.9 Å². The maximum atomic E-state index is 11.5. The molecular weight excluding hydrogens is 294 g/mol. The second kappa shape index (κ2) is 6.23. The fourth-order valence-corrected chi connectivity index (χ4v) is 2.28. The highest BCUT2D eigenvalue weighted by atomic mass is 16.5. The van der Waals surface area contributed by atoms with Crippen molar-refractivity contribution >= 4 is 12.3 Å². The monoisotopic (exact) mass is 307 g/mol. The number of hydrogen-bond donors (Lipinski definition) is 0. The summed E-state index contributed by atoms with van der Waals surface area (Å²) in [6.07, 6.45) is 0.675. The molecule has 0 saturated carbocycles. The van der Waals surface area contributed by atoms with Crippen molar-refractivity contribution in [3.05, 3.63) is 65.9 Å². The maximum absolute atomic E-state index is 11.5. The minimum atomic E-state index is -0.410. The Morgan fingerprint density at radius 2 is 1.78 bits per heavy atom. The second-order valence-corrected chi connectivity index (χ2v) is 4.76. The van der Waals surface area contributed by atoms with E-state index in [0.29, 0.717) is 23.2 Å². The molecule has 0 aliphatic rings. The zero-order valence-corrected chi connectivity index (χ0v) is 12.3. The number of hydrogen-bond acceptors (Lipinski definition) is 5. The number of aldehydes is 1. The number of carbonyl (C=O) groups excluding carboxylic acids is 2. The van der Waals surface area contributed by atoms with Crippen LogP contribution in [-0.4, -0.2) is 34.4 Å². The van der Waals surface area contributed by atoms with E-state index < -0.39 is 5.97 Å². The molecule has 0 bridgehead atoms. The summed E-state index contributed by atoms with van der Waals surface area (Å²) < 4.78 is 6.25. The molecule has 6 heteroatoms. The van der Waals surface area contributed by atoms with Gasteiger partial charge in [-0.3, -0.25) is 4.79 Å². The van der Waals surface area contributed by atoms with E-state index in [2.05, 4.69) is 15.0 Å². The third-order valence-electron chi connectivity index (χ3n) is 3.39. The van der Waals surface area contributed by atoms with Gasteiger partial charge in [-0.05, 0) is 24.3 Å². The smallest absolute Gasteiger partial charge is 0.337 e. The second-order valence-electron chi connectivity index (χ2n) is 4.76. The topological polar surface area (TPSA) is 74.1 Å². The Labute approximate surface area is 132 Å². The number of ether oxygens (including phenoxy) is 1. The van der Waals surface area contributed by atoms with Gasteiger partial charge in [0.15, 0.2) is 12.0 Å². The van der Waals surface area contributed by atoms with Crippen LogP contribution in [-0.2, 0) is 4.74 Å². The van der Waals surface area contributed by atoms with Crippen molar-refractivity contribution < 1.29 is 14.3 Å². The van der Waals surface area contributed by atoms with E-state index in [0.717, 1.165) is 5.56 Å². The lowest BCUT2D eigenvalue weighted by atomic mass is 10.1. The predicted octanol–water partition coefficient (Wildman–Crippen LogP) is 2.53. The summed E-state index contributed by atoms with van der Waals surface area (Å²) in [7, 11) is 1.33. The van der Waals surface area contributed by atoms with Crippen LogP contribution in [0.15, 0.2) is 54.6 Å². The van der Waals surface area contributed by atoms with Crippen LogP contribution >= 0.6 is 0 Å². The Hall–Kier alpha value is -3.28. The van der Waals surface area contributed by atoms with Gasteiger partial charge in [0.25, 0.3) is 0 Å². The first-order valence-corrected chi connectivity index (χ1v) is 6.89. The molecule has 23 heavy (non-hydrogen) atoms. The molecule has 0 aliphatic carbocycles. The molecular formula is C17H13N3O3. The predicted molar refractivity (Wildman–Crippen MR) is 83.5 cm³/mol. The van der Waals surface area contributed by atoms with Gasteiger partial charge in [-0.25, -0.2) is 9.48 Å². The molecule has 114 valence electrons. The zero-order chi connectivity index (χ0) is 16.2. The summed E-state index contributed by atoms with van der Waals surface area (Å²) in [5.41, 5.74) is 2.82. The largest absolute Gasteiger partial charge is 0.465 e. The SMILES string of the molecule is COC(=O)c1ccc(-n2nnc(C=O)c2-c2ccccc2)cc1. The molecule has 0 saturated heterocycles. The van der Waals surface area contributed by atoms with Crippen molar-refractivity contribution in [3.63, 3.8) is 0 Å². The van der Waals surface area contributed by atoms with Gasteiger partial charge in [0.1, 0.15) is 5.69 Å². The Kier molecular flexibility index (Phi) is 3.97. The molecule has 0 fully saturated rings. The van der Waals surface area contributed by atoms with Crippen molar-refractivity contribution in [3.8, 4) is 16.9 Å². The Bertz CT molecular complexity index is 839. The van der Waals surface area contributed by atoms with Crippen LogP contribution in [0.5, 0.6) is 0 Å². The molecule has 0 N–H and O–H groups in total. The number of rotatable bonds is 4. The van der Waals surface area contributed by atoms with Gasteiger partial charge in [-0.1, -0.05) is 35.5 Å². The molecule has 0 aliphatic heterocycles. The van der Waals surface area contributed by atoms with Gasteiger partial charge in [-0.2, -0.15) is 0 Å². The van der Waals surface area contributed by atoms with E-state index in [4.69, 9.17) is 0 Å². The molecule has 0 radical (unpaired) electrons. The number of methoxy groups -OCH3 is 1. The minimum Gasteiger partial charge on any atom is -0.465 e. The van der Waals surface area contributed by atoms with Crippen molar-refractivity contribution in [2.45, 2.75) is 0 Å². The zero-order valence-electron chi connectivity index (χ0n) is 12.3. The summed E-state index contributed by atoms with van der Waals surface area (Å²) in [5, 5.41) is 7.96. The molecule has 0 unspecified atom stereocenters. The third-order valence-corrected chi connectivity index (χ3v) is 3.39. The Morgan fingerprint density at radius 3 is 2.39 bits per heavy atom. The molecule has 1 heterocycles. The van der Waals surface area contributed by atoms with Crippen LogP contribution in [0.25, 0.3) is 16.9 Å². The highest BCUT2D eigenvalue weighted by Crippen LogP contribution is 2.24. The van der Waals surface area contributed by atoms with Gasteiger partial charge in [0, 0.05) is 5.56 Å². The normalized spacial score (nSPS) is 10.3. The standard InChI is InChI=1S/C17H13N3O3/c1-23-17(22)13-7-9-14(10-8-13)20-16(15(11-21)18-19-20)12-5-3-2-4-6-12/h2-11H,1H3.